The summed E-state index contributed by atoms with van der Waals surface area (Å²) in [5, 5.41) is 5.74. The van der Waals surface area contributed by atoms with Gasteiger partial charge in [-0.3, -0.25) is 19.2 Å². The molecule has 12 heteroatoms. The monoisotopic (exact) mass is 730 g/mol. The first kappa shape index (κ1) is 35.8. The van der Waals surface area contributed by atoms with Gasteiger partial charge < -0.3 is 30.4 Å². The van der Waals surface area contributed by atoms with Crippen molar-refractivity contribution in [3.8, 4) is 33.6 Å². The van der Waals surface area contributed by atoms with Crippen molar-refractivity contribution in [1.82, 2.24) is 40.4 Å². The molecular formula is C42H50N8O4. The summed E-state index contributed by atoms with van der Waals surface area (Å²) in [4.78, 5) is 71.6. The van der Waals surface area contributed by atoms with Crippen molar-refractivity contribution in [2.45, 2.75) is 103 Å². The lowest BCUT2D eigenvalue weighted by molar-refractivity contribution is -0.139. The predicted molar refractivity (Wildman–Crippen MR) is 204 cm³/mol. The molecule has 2 aromatic heterocycles. The van der Waals surface area contributed by atoms with Crippen molar-refractivity contribution in [3.05, 3.63) is 72.6 Å². The normalized spacial score (nSPS) is 25.0. The molecule has 4 amide bonds. The molecule has 4 N–H and O–H groups in total. The number of aromatic nitrogens is 4. The predicted octanol–water partition coefficient (Wildman–Crippen LogP) is 5.78. The number of aromatic amines is 2. The molecule has 12 nitrogen and oxygen atoms in total. The van der Waals surface area contributed by atoms with E-state index in [0.29, 0.717) is 11.8 Å². The number of fused-ring (bicyclic) bond motifs is 2. The fraction of sp³-hybridized carbons (Fsp3) is 0.476. The Balaban J connectivity index is 0.936. The third-order valence-corrected chi connectivity index (χ3v) is 11.8. The Hall–Kier alpha value is -5.26. The van der Waals surface area contributed by atoms with Crippen LogP contribution in [0.25, 0.3) is 33.6 Å². The van der Waals surface area contributed by atoms with Crippen LogP contribution in [0.2, 0.25) is 0 Å². The molecule has 54 heavy (non-hydrogen) atoms. The Morgan fingerprint density at radius 3 is 1.28 bits per heavy atom. The van der Waals surface area contributed by atoms with Gasteiger partial charge in [-0.25, -0.2) is 9.97 Å². The minimum atomic E-state index is -0.552. The molecule has 2 saturated heterocycles. The smallest absolute Gasteiger partial charge is 0.246 e. The highest BCUT2D eigenvalue weighted by Crippen LogP contribution is 2.54. The van der Waals surface area contributed by atoms with Gasteiger partial charge in [-0.15, -0.1) is 0 Å². The number of imidazole rings is 2. The number of benzene rings is 2. The fourth-order valence-corrected chi connectivity index (χ4v) is 8.81. The Morgan fingerprint density at radius 2 is 0.944 bits per heavy atom. The minimum Gasteiger partial charge on any atom is -0.344 e. The van der Waals surface area contributed by atoms with Gasteiger partial charge in [-0.2, -0.15) is 0 Å². The van der Waals surface area contributed by atoms with Crippen LogP contribution in [0.15, 0.2) is 60.9 Å². The molecule has 8 atom stereocenters. The zero-order chi connectivity index (χ0) is 38.0. The maximum absolute atomic E-state index is 13.7. The van der Waals surface area contributed by atoms with Crippen LogP contribution < -0.4 is 10.6 Å². The first-order valence-corrected chi connectivity index (χ1v) is 19.4. The van der Waals surface area contributed by atoms with Gasteiger partial charge in [0.15, 0.2) is 0 Å². The number of likely N-dealkylation sites (tertiary alicyclic amines) is 2. The highest BCUT2D eigenvalue weighted by Gasteiger charge is 2.57. The summed E-state index contributed by atoms with van der Waals surface area (Å²) in [6.07, 6.45) is 7.45. The van der Waals surface area contributed by atoms with Gasteiger partial charge in [0.25, 0.3) is 0 Å². The Morgan fingerprint density at radius 1 is 0.593 bits per heavy atom. The second-order valence-electron chi connectivity index (χ2n) is 16.5. The highest BCUT2D eigenvalue weighted by molar-refractivity contribution is 5.89. The van der Waals surface area contributed by atoms with Gasteiger partial charge in [0, 0.05) is 25.9 Å². The second kappa shape index (κ2) is 13.9. The van der Waals surface area contributed by atoms with E-state index in [1.807, 2.05) is 49.9 Å². The van der Waals surface area contributed by atoms with E-state index >= 15 is 0 Å². The lowest BCUT2D eigenvalue weighted by atomic mass is 10.0. The molecule has 4 aliphatic rings. The molecule has 0 spiro atoms. The van der Waals surface area contributed by atoms with E-state index in [1.54, 1.807) is 0 Å². The largest absolute Gasteiger partial charge is 0.344 e. The molecule has 282 valence electrons. The molecule has 2 aromatic carbocycles. The standard InChI is InChI=1S/C42H50N8O4/c1-21(2)37(45-23(5)51)41(53)49-33-15-29(33)17-35(49)39-43-19-31(47-39)27-11-7-25(8-12-27)26-9-13-28(14-10-26)32-20-44-40(48-32)36-18-30-16-34(30)50(36)42(54)38(22(3)4)46-24(6)52/h7-14,19-22,29-30,33-38H,15-18H2,1-6H3,(H,43,47)(H,44,48)(H,45,51)(H,46,52)/t29-,30-,33-,34-,35+,36+,37+,38+/m1/s1. The summed E-state index contributed by atoms with van der Waals surface area (Å²) in [7, 11) is 0. The number of H-pyrrole nitrogens is 2. The summed E-state index contributed by atoms with van der Waals surface area (Å²) in [6, 6.07) is 15.8. The van der Waals surface area contributed by atoms with Crippen molar-refractivity contribution < 1.29 is 19.2 Å². The number of piperidine rings is 2. The van der Waals surface area contributed by atoms with Gasteiger partial charge in [0.2, 0.25) is 23.6 Å². The molecule has 2 saturated carbocycles. The SMILES string of the molecule is CC(=O)N[C@H](C(=O)N1[C@@H]2C[C@@H]2C[C@H]1c1ncc(-c2ccc(-c3ccc(-c4cnc([C@@H]5C[C@H]6C[C@H]6N5C(=O)[C@@H](NC(C)=O)C(C)C)[nH]4)cc3)cc2)[nH]1)C(C)C. The third-order valence-electron chi connectivity index (χ3n) is 11.8. The lowest BCUT2D eigenvalue weighted by Gasteiger charge is -2.32. The van der Waals surface area contributed by atoms with Gasteiger partial charge in [0.05, 0.1) is 35.9 Å². The van der Waals surface area contributed by atoms with Crippen molar-refractivity contribution in [2.24, 2.45) is 23.7 Å². The van der Waals surface area contributed by atoms with E-state index in [0.717, 1.165) is 71.0 Å². The number of nitrogens with one attached hydrogen (secondary N) is 4. The molecule has 4 aromatic rings. The van der Waals surface area contributed by atoms with Crippen LogP contribution in [0.5, 0.6) is 0 Å². The van der Waals surface area contributed by atoms with Crippen LogP contribution in [0.4, 0.5) is 0 Å². The molecule has 0 unspecified atom stereocenters. The van der Waals surface area contributed by atoms with E-state index in [4.69, 9.17) is 9.97 Å². The van der Waals surface area contributed by atoms with E-state index in [2.05, 4.69) is 69.1 Å². The fourth-order valence-electron chi connectivity index (χ4n) is 8.81. The van der Waals surface area contributed by atoms with Gasteiger partial charge in [-0.05, 0) is 71.6 Å². The van der Waals surface area contributed by atoms with Crippen LogP contribution >= 0.6 is 0 Å². The number of rotatable bonds is 11. The van der Waals surface area contributed by atoms with Crippen LogP contribution in [-0.4, -0.2) is 77.5 Å². The van der Waals surface area contributed by atoms with Crippen molar-refractivity contribution in [2.75, 3.05) is 0 Å². The quantitative estimate of drug-likeness (QED) is 0.153. The summed E-state index contributed by atoms with van der Waals surface area (Å²) in [6.45, 7) is 10.8. The number of carbonyl (C=O) groups excluding carboxylic acids is 4. The highest BCUT2D eigenvalue weighted by atomic mass is 16.2. The van der Waals surface area contributed by atoms with E-state index in [-0.39, 0.29) is 59.6 Å². The maximum Gasteiger partial charge on any atom is 0.246 e. The third kappa shape index (κ3) is 6.71. The van der Waals surface area contributed by atoms with E-state index in [1.165, 1.54) is 13.8 Å². The average molecular weight is 731 g/mol. The van der Waals surface area contributed by atoms with Crippen molar-refractivity contribution >= 4 is 23.6 Å². The number of carbonyl (C=O) groups is 4. The molecule has 0 bridgehead atoms. The zero-order valence-electron chi connectivity index (χ0n) is 31.8. The van der Waals surface area contributed by atoms with Gasteiger partial charge >= 0.3 is 0 Å². The maximum atomic E-state index is 13.7. The lowest BCUT2D eigenvalue weighted by Crippen LogP contribution is -2.51. The first-order valence-electron chi connectivity index (χ1n) is 19.4. The number of hydrogen-bond acceptors (Lipinski definition) is 6. The molecule has 2 aliphatic heterocycles. The van der Waals surface area contributed by atoms with Crippen LogP contribution in [0.1, 0.15) is 91.0 Å². The second-order valence-corrected chi connectivity index (χ2v) is 16.5. The molecular weight excluding hydrogens is 681 g/mol. The number of amides is 4. The topological polar surface area (TPSA) is 156 Å². The van der Waals surface area contributed by atoms with Crippen LogP contribution in [-0.2, 0) is 19.2 Å². The molecule has 2 aliphatic carbocycles. The van der Waals surface area contributed by atoms with Crippen molar-refractivity contribution in [3.63, 3.8) is 0 Å². The summed E-state index contributed by atoms with van der Waals surface area (Å²) >= 11 is 0. The average Bonchev–Trinajstić information content (AvgIpc) is 3.74. The molecule has 4 fully saturated rings. The summed E-state index contributed by atoms with van der Waals surface area (Å²) in [5.41, 5.74) is 5.97. The van der Waals surface area contributed by atoms with Crippen LogP contribution in [0, 0.1) is 23.7 Å². The Kier molecular flexibility index (Phi) is 9.18. The van der Waals surface area contributed by atoms with Crippen molar-refractivity contribution in [1.29, 1.82) is 0 Å². The Bertz CT molecular complexity index is 1920. The Labute approximate surface area is 315 Å². The molecule has 8 rings (SSSR count). The first-order chi connectivity index (χ1) is 25.9. The summed E-state index contributed by atoms with van der Waals surface area (Å²) in [5.74, 6) is 2.05. The zero-order valence-corrected chi connectivity index (χ0v) is 31.8. The summed E-state index contributed by atoms with van der Waals surface area (Å²) < 4.78 is 0. The van der Waals surface area contributed by atoms with Gasteiger partial charge in [-0.1, -0.05) is 76.2 Å². The van der Waals surface area contributed by atoms with Gasteiger partial charge in [0.1, 0.15) is 23.7 Å². The number of nitrogens with zero attached hydrogens (tertiary/aromatic N) is 4. The van der Waals surface area contributed by atoms with E-state index in [9.17, 15) is 19.2 Å². The van der Waals surface area contributed by atoms with E-state index < -0.39 is 12.1 Å². The minimum absolute atomic E-state index is 0.0154. The number of hydrogen-bond donors (Lipinski definition) is 4. The molecule has 4 heterocycles. The molecule has 0 radical (unpaired) electrons. The van der Waals surface area contributed by atoms with Crippen LogP contribution in [0.3, 0.4) is 0 Å².